The fourth-order valence-electron chi connectivity index (χ4n) is 5.51. The van der Waals surface area contributed by atoms with Crippen LogP contribution in [0.3, 0.4) is 0 Å². The first kappa shape index (κ1) is 28.8. The Kier molecular flexibility index (Phi) is 8.97. The zero-order valence-corrected chi connectivity index (χ0v) is 26.7. The molecule has 1 aromatic carbocycles. The topological polar surface area (TPSA) is 42.0 Å². The minimum atomic E-state index is 0.390. The lowest BCUT2D eigenvalue weighted by Gasteiger charge is -2.38. The quantitative estimate of drug-likeness (QED) is 0.253. The largest absolute Gasteiger partial charge is 0.372 e. The summed E-state index contributed by atoms with van der Waals surface area (Å²) in [6.45, 7) is 13.7. The molecule has 0 radical (unpaired) electrons. The Balaban J connectivity index is 1.33. The predicted molar refractivity (Wildman–Crippen MR) is 176 cm³/mol. The van der Waals surface area contributed by atoms with E-state index in [1.165, 1.54) is 22.4 Å². The second-order valence-corrected chi connectivity index (χ2v) is 12.7. The number of hydrogen-bond donors (Lipinski definition) is 0. The van der Waals surface area contributed by atoms with Crippen molar-refractivity contribution in [3.05, 3.63) is 75.8 Å². The molecule has 212 valence electrons. The molecule has 0 saturated carbocycles. The Morgan fingerprint density at radius 2 is 1.73 bits per heavy atom. The van der Waals surface area contributed by atoms with Gasteiger partial charge in [-0.2, -0.15) is 0 Å². The van der Waals surface area contributed by atoms with E-state index in [2.05, 4.69) is 131 Å². The lowest BCUT2D eigenvalue weighted by atomic mass is 9.91. The Bertz CT molecular complexity index is 1330. The van der Waals surface area contributed by atoms with Gasteiger partial charge in [-0.05, 0) is 92.0 Å². The van der Waals surface area contributed by atoms with Gasteiger partial charge in [0.1, 0.15) is 9.52 Å². The number of pyridine rings is 2. The van der Waals surface area contributed by atoms with Crippen molar-refractivity contribution in [2.75, 3.05) is 77.3 Å². The number of fused-ring (bicyclic) bond motifs is 1. The van der Waals surface area contributed by atoms with Crippen molar-refractivity contribution in [2.24, 2.45) is 0 Å². The van der Waals surface area contributed by atoms with E-state index in [0.29, 0.717) is 6.04 Å². The number of piperazine rings is 1. The van der Waals surface area contributed by atoms with Crippen LogP contribution in [0.25, 0.3) is 16.8 Å². The van der Waals surface area contributed by atoms with Gasteiger partial charge in [-0.3, -0.25) is 4.98 Å². The van der Waals surface area contributed by atoms with Crippen molar-refractivity contribution in [1.82, 2.24) is 24.7 Å². The molecule has 3 aromatic rings. The third kappa shape index (κ3) is 6.61. The van der Waals surface area contributed by atoms with Crippen molar-refractivity contribution in [3.63, 3.8) is 0 Å². The number of rotatable bonds is 8. The summed E-state index contributed by atoms with van der Waals surface area (Å²) in [6, 6.07) is 16.1. The molecule has 4 heterocycles. The highest BCUT2D eigenvalue weighted by atomic mass is 127. The van der Waals surface area contributed by atoms with Crippen molar-refractivity contribution in [1.29, 1.82) is 0 Å². The third-order valence-corrected chi connectivity index (χ3v) is 8.81. The van der Waals surface area contributed by atoms with Crippen LogP contribution in [0.1, 0.15) is 23.7 Å². The zero-order chi connectivity index (χ0) is 28.4. The normalized spacial score (nSPS) is 17.7. The van der Waals surface area contributed by atoms with Gasteiger partial charge in [0.25, 0.3) is 0 Å². The average Bonchev–Trinajstić information content (AvgIpc) is 2.95. The number of anilines is 2. The molecule has 1 unspecified atom stereocenters. The number of hydrogen-bond acceptors (Lipinski definition) is 7. The number of benzene rings is 1. The fourth-order valence-corrected chi connectivity index (χ4v) is 6.07. The van der Waals surface area contributed by atoms with Gasteiger partial charge in [0.05, 0.1) is 11.4 Å². The van der Waals surface area contributed by atoms with Crippen LogP contribution < -0.4 is 9.80 Å². The molecule has 40 heavy (non-hydrogen) atoms. The van der Waals surface area contributed by atoms with Gasteiger partial charge in [-0.15, -0.1) is 0 Å². The summed E-state index contributed by atoms with van der Waals surface area (Å²) < 4.78 is 1.05. The maximum absolute atomic E-state index is 4.98. The first-order valence-electron chi connectivity index (χ1n) is 14.2. The van der Waals surface area contributed by atoms with Gasteiger partial charge in [0.15, 0.2) is 0 Å². The molecule has 0 amide bonds. The van der Waals surface area contributed by atoms with E-state index >= 15 is 0 Å². The van der Waals surface area contributed by atoms with Crippen molar-refractivity contribution in [2.45, 2.75) is 25.9 Å². The first-order valence-corrected chi connectivity index (χ1v) is 15.3. The molecule has 8 heteroatoms. The molecular weight excluding hydrogens is 609 g/mol. The highest BCUT2D eigenvalue weighted by molar-refractivity contribution is 14.1. The van der Waals surface area contributed by atoms with Crippen LogP contribution in [0.2, 0.25) is 0 Å². The van der Waals surface area contributed by atoms with Crippen LogP contribution in [0.5, 0.6) is 0 Å². The number of nitrogens with zero attached hydrogens (tertiary/aromatic N) is 7. The summed E-state index contributed by atoms with van der Waals surface area (Å²) in [6.07, 6.45) is 3.00. The Morgan fingerprint density at radius 1 is 0.975 bits per heavy atom. The van der Waals surface area contributed by atoms with E-state index in [0.717, 1.165) is 78.7 Å². The van der Waals surface area contributed by atoms with Crippen LogP contribution in [-0.4, -0.2) is 98.2 Å². The summed E-state index contributed by atoms with van der Waals surface area (Å²) in [5.74, 6) is 1.08. The van der Waals surface area contributed by atoms with Crippen LogP contribution in [-0.2, 0) is 13.0 Å². The van der Waals surface area contributed by atoms with Crippen molar-refractivity contribution in [3.8, 4) is 11.1 Å². The van der Waals surface area contributed by atoms with E-state index in [1.807, 2.05) is 6.20 Å². The summed E-state index contributed by atoms with van der Waals surface area (Å²) >= 11 is 2.37. The molecule has 2 aliphatic rings. The SMILES string of the molecule is C=C(c1ccc(-c2ccc3c(c2)CN(c2cc(N4CCN(C)CC4)cc(I)n2)C(C)C3)cn1)N(C)CCN(C)C. The molecule has 7 nitrogen and oxygen atoms in total. The van der Waals surface area contributed by atoms with E-state index in [9.17, 15) is 0 Å². The smallest absolute Gasteiger partial charge is 0.132 e. The van der Waals surface area contributed by atoms with Crippen LogP contribution >= 0.6 is 22.6 Å². The molecule has 1 saturated heterocycles. The molecule has 0 spiro atoms. The fraction of sp³-hybridized carbons (Fsp3) is 0.438. The molecule has 2 aliphatic heterocycles. The second kappa shape index (κ2) is 12.4. The predicted octanol–water partition coefficient (Wildman–Crippen LogP) is 4.92. The Hall–Kier alpha value is -2.69. The summed E-state index contributed by atoms with van der Waals surface area (Å²) in [5.41, 5.74) is 8.28. The molecule has 5 rings (SSSR count). The molecular formula is C32H42IN7. The molecule has 1 fully saturated rings. The third-order valence-electron chi connectivity index (χ3n) is 8.26. The van der Waals surface area contributed by atoms with E-state index < -0.39 is 0 Å². The van der Waals surface area contributed by atoms with Gasteiger partial charge in [0, 0.05) is 82.4 Å². The summed E-state index contributed by atoms with van der Waals surface area (Å²) in [4.78, 5) is 21.5. The van der Waals surface area contributed by atoms with Crippen LogP contribution in [0.15, 0.2) is 55.2 Å². The zero-order valence-electron chi connectivity index (χ0n) is 24.6. The summed E-state index contributed by atoms with van der Waals surface area (Å²) in [7, 11) is 8.46. The summed E-state index contributed by atoms with van der Waals surface area (Å²) in [5, 5.41) is 0. The van der Waals surface area contributed by atoms with E-state index in [-0.39, 0.29) is 0 Å². The lowest BCUT2D eigenvalue weighted by molar-refractivity contribution is 0.313. The molecule has 0 aliphatic carbocycles. The Morgan fingerprint density at radius 3 is 2.42 bits per heavy atom. The second-order valence-electron chi connectivity index (χ2n) is 11.6. The van der Waals surface area contributed by atoms with Gasteiger partial charge in [-0.1, -0.05) is 24.8 Å². The monoisotopic (exact) mass is 651 g/mol. The minimum absolute atomic E-state index is 0.390. The van der Waals surface area contributed by atoms with Crippen molar-refractivity contribution >= 4 is 39.8 Å². The molecule has 1 atom stereocenters. The molecule has 2 aromatic heterocycles. The minimum Gasteiger partial charge on any atom is -0.372 e. The number of likely N-dealkylation sites (N-methyl/N-ethyl adjacent to an activating group) is 3. The maximum atomic E-state index is 4.98. The number of halogens is 1. The van der Waals surface area contributed by atoms with Crippen LogP contribution in [0.4, 0.5) is 11.5 Å². The van der Waals surface area contributed by atoms with Gasteiger partial charge in [-0.25, -0.2) is 4.98 Å². The highest BCUT2D eigenvalue weighted by Crippen LogP contribution is 2.33. The van der Waals surface area contributed by atoms with E-state index in [1.54, 1.807) is 0 Å². The average molecular weight is 652 g/mol. The first-order chi connectivity index (χ1) is 19.2. The Labute approximate surface area is 253 Å². The van der Waals surface area contributed by atoms with Gasteiger partial charge in [0.2, 0.25) is 0 Å². The molecule has 0 N–H and O–H groups in total. The van der Waals surface area contributed by atoms with Crippen LogP contribution in [0, 0.1) is 3.70 Å². The molecule has 0 bridgehead atoms. The van der Waals surface area contributed by atoms with Gasteiger partial charge >= 0.3 is 0 Å². The number of aromatic nitrogens is 2. The van der Waals surface area contributed by atoms with E-state index in [4.69, 9.17) is 9.97 Å². The lowest BCUT2D eigenvalue weighted by Crippen LogP contribution is -2.44. The van der Waals surface area contributed by atoms with Gasteiger partial charge < -0.3 is 24.5 Å². The van der Waals surface area contributed by atoms with Crippen molar-refractivity contribution < 1.29 is 0 Å². The standard InChI is InChI=1S/C32H42IN7/c1-23-17-25-7-8-26(27-9-10-30(34-21-27)24(2)38(6)14-11-36(3)4)18-28(25)22-40(23)32-20-29(19-31(33)35-32)39-15-12-37(5)13-16-39/h7-10,18-21,23H,2,11-17,22H2,1,3-6H3. The maximum Gasteiger partial charge on any atom is 0.132 e. The highest BCUT2D eigenvalue weighted by Gasteiger charge is 2.26.